The van der Waals surface area contributed by atoms with Gasteiger partial charge < -0.3 is 52.0 Å². The number of nitrogens with zero attached hydrogens (tertiary/aromatic N) is 4. The summed E-state index contributed by atoms with van der Waals surface area (Å²) in [5, 5.41) is 74.0. The van der Waals surface area contributed by atoms with Crippen molar-refractivity contribution in [3.8, 4) is 11.5 Å². The second kappa shape index (κ2) is 16.4. The number of para-hydroxylation sites is 1. The van der Waals surface area contributed by atoms with Gasteiger partial charge in [0.25, 0.3) is 5.91 Å². The Balaban J connectivity index is 0.000000236. The maximum atomic E-state index is 13.3. The van der Waals surface area contributed by atoms with Crippen molar-refractivity contribution >= 4 is 53.4 Å². The molecule has 1 radical (unpaired) electrons. The van der Waals surface area contributed by atoms with E-state index in [-0.39, 0.29) is 48.0 Å². The molecule has 1 aliphatic heterocycles. The number of carbonyl (C=O) groups excluding carboxylic acids is 4. The molecular weight excluding hydrogens is 939 g/mol. The van der Waals surface area contributed by atoms with Crippen LogP contribution in [-0.2, 0) is 24.5 Å². The van der Waals surface area contributed by atoms with E-state index in [0.29, 0.717) is 17.1 Å². The van der Waals surface area contributed by atoms with E-state index in [0.717, 1.165) is 0 Å². The zero-order valence-corrected chi connectivity index (χ0v) is 33.7. The fourth-order valence-electron chi connectivity index (χ4n) is 7.34. The van der Waals surface area contributed by atoms with Crippen LogP contribution in [0.2, 0.25) is 0 Å². The Kier molecular flexibility index (Phi) is 12.7. The number of primary amides is 1. The van der Waals surface area contributed by atoms with Crippen LogP contribution in [-0.4, -0.2) is 135 Å². The van der Waals surface area contributed by atoms with Crippen molar-refractivity contribution in [1.82, 2.24) is 14.5 Å². The summed E-state index contributed by atoms with van der Waals surface area (Å²) in [5.41, 5.74) is -0.110. The van der Waals surface area contributed by atoms with E-state index in [1.165, 1.54) is 54.9 Å². The van der Waals surface area contributed by atoms with E-state index in [9.17, 15) is 54.8 Å². The van der Waals surface area contributed by atoms with Gasteiger partial charge in [0.05, 0.1) is 23.8 Å². The molecule has 2 heterocycles. The van der Waals surface area contributed by atoms with Gasteiger partial charge in [0.15, 0.2) is 17.2 Å². The molecule has 0 unspecified atom stereocenters. The number of aromatic nitrogens is 2. The van der Waals surface area contributed by atoms with Gasteiger partial charge in [-0.15, -0.1) is 0 Å². The van der Waals surface area contributed by atoms with Crippen LogP contribution >= 0.6 is 0 Å². The summed E-state index contributed by atoms with van der Waals surface area (Å²) in [6, 6.07) is 10.2. The number of ketones is 2. The number of amides is 1. The van der Waals surface area contributed by atoms with Gasteiger partial charge in [0, 0.05) is 24.3 Å². The minimum atomic E-state index is -2.75. The molecule has 0 saturated heterocycles. The summed E-state index contributed by atoms with van der Waals surface area (Å²) in [5.74, 6) is -6.99. The molecule has 10 N–H and O–H groups in total. The Morgan fingerprint density at radius 3 is 2.36 bits per heavy atom. The van der Waals surface area contributed by atoms with Crippen LogP contribution in [0, 0.1) is 28.9 Å². The molecule has 2 aromatic carbocycles. The molecule has 56 heavy (non-hydrogen) atoms. The van der Waals surface area contributed by atoms with Crippen LogP contribution in [0.1, 0.15) is 45.4 Å². The Labute approximate surface area is 330 Å². The molecule has 0 spiro atoms. The van der Waals surface area contributed by atoms with E-state index in [4.69, 9.17) is 16.5 Å². The molecule has 0 saturated carbocycles. The number of phenols is 1. The van der Waals surface area contributed by atoms with Gasteiger partial charge in [-0.05, 0) is 44.0 Å². The predicted molar refractivity (Wildman–Crippen MR) is 192 cm³/mol. The van der Waals surface area contributed by atoms with Gasteiger partial charge in [-0.1, -0.05) is 12.1 Å². The third kappa shape index (κ3) is 7.24. The van der Waals surface area contributed by atoms with E-state index >= 15 is 0 Å². The summed E-state index contributed by atoms with van der Waals surface area (Å²) < 4.78 is 11.4. The number of nitro groups is 1. The number of nitrogens with two attached hydrogens (primary N) is 1. The van der Waals surface area contributed by atoms with Crippen molar-refractivity contribution in [2.45, 2.75) is 44.1 Å². The van der Waals surface area contributed by atoms with E-state index in [1.54, 1.807) is 25.1 Å². The zero-order chi connectivity index (χ0) is 40.7. The summed E-state index contributed by atoms with van der Waals surface area (Å²) >= 11 is -1.43. The topological polar surface area (TPSA) is 330 Å². The Hall–Kier alpha value is -5.31. The first kappa shape index (κ1) is 43.4. The molecule has 299 valence electrons. The standard InChI is InChI=1S/C22H24N2O8.C7H6O3.C6H9N3O3.Bi.H2O/c1-21(31)8-5-4-6-11(25)12(8)16(26)13-9(21)7-10-15(24(2)3)17(27)14(20(23)30)19(29)22(10,32)18(13)28;8-6-4-2-1-3-5(6)7(9)10;1-5-7-4-6(9(11)12)8(5)2-3-10;;/h4-6,9-10,15,25,27-28,31-32H,7H2,1-3H3,(H2,23,30);1-4,8H,(H,9,10);4,10H,2-3H2,1H3;;1H2/q;;;+2;/p-2/t9-,10-,15-,21+,22-;;;;/m0..../s1. The van der Waals surface area contributed by atoms with Gasteiger partial charge in [-0.3, -0.25) is 19.3 Å². The molecule has 20 nitrogen and oxygen atoms in total. The number of benzene rings is 2. The number of hydrogen-bond donors (Lipinski definition) is 7. The van der Waals surface area contributed by atoms with Crippen LogP contribution in [0.4, 0.5) is 5.82 Å². The number of Topliss-reactive ketones (excluding diaryl/α,β-unsaturated/α-hetero) is 2. The van der Waals surface area contributed by atoms with Crippen LogP contribution in [0.5, 0.6) is 11.5 Å². The average Bonchev–Trinajstić information content (AvgIpc) is 3.49. The molecule has 1 amide bonds. The number of phenolic OH excluding ortho intramolecular Hbond substituents is 1. The van der Waals surface area contributed by atoms with Crippen molar-refractivity contribution in [1.29, 1.82) is 0 Å². The Bertz CT molecular complexity index is 2160. The van der Waals surface area contributed by atoms with Crippen LogP contribution < -0.4 is 8.55 Å². The second-order valence-corrected chi connectivity index (χ2v) is 15.3. The number of carbonyl (C=O) groups is 4. The van der Waals surface area contributed by atoms with Gasteiger partial charge >= 0.3 is 81.9 Å². The first-order valence-electron chi connectivity index (χ1n) is 16.5. The minimum absolute atomic E-state index is 0. The molecule has 3 aromatic rings. The molecule has 5 atom stereocenters. The van der Waals surface area contributed by atoms with Crippen molar-refractivity contribution in [2.75, 3.05) is 20.7 Å². The van der Waals surface area contributed by atoms with E-state index in [1.807, 2.05) is 6.07 Å². The summed E-state index contributed by atoms with van der Waals surface area (Å²) in [6.45, 7) is 3.14. The fourth-order valence-corrected chi connectivity index (χ4v) is 9.07. The molecule has 1 aromatic heterocycles. The van der Waals surface area contributed by atoms with Gasteiger partial charge in [-0.2, -0.15) is 0 Å². The monoisotopic (exact) mass is 978 g/mol. The molecule has 3 aliphatic carbocycles. The summed E-state index contributed by atoms with van der Waals surface area (Å²) in [7, 11) is 3.06. The number of aryl methyl sites for hydroxylation is 1. The van der Waals surface area contributed by atoms with E-state index in [2.05, 4.69) is 4.98 Å². The molecule has 0 bridgehead atoms. The van der Waals surface area contributed by atoms with Crippen molar-refractivity contribution < 1.29 is 65.8 Å². The second-order valence-electron chi connectivity index (χ2n) is 13.3. The summed E-state index contributed by atoms with van der Waals surface area (Å²) in [4.78, 5) is 64.5. The average molecular weight is 979 g/mol. The summed E-state index contributed by atoms with van der Waals surface area (Å²) in [6.07, 6.45) is 0.986. The van der Waals surface area contributed by atoms with Gasteiger partial charge in [0.2, 0.25) is 5.78 Å². The first-order valence-corrected chi connectivity index (χ1v) is 19.3. The number of hydrogen-bond acceptors (Lipinski definition) is 16. The van der Waals surface area contributed by atoms with Crippen LogP contribution in [0.15, 0.2) is 71.3 Å². The number of aromatic hydroxyl groups is 1. The maximum absolute atomic E-state index is 13.3. The molecule has 0 fully saturated rings. The SMILES string of the molecule is CN(C)[C@@H]1C(O)=C(C(N)=O)C(=O)[C@@]2(O)C(O)=C3C(=O)c4c(O)cccc4[C@@](C)(O)[C@H]3C[C@@H]12.Cc1ncc([N+](=O)[O-])n1CCO.O.O=C1[O][Bi][O]c2ccccc21. The molecular formula is C35H39BiN5O15. The predicted octanol–water partition coefficient (Wildman–Crippen LogP) is -0.177. The number of fused-ring (bicyclic) bond motifs is 4. The number of aliphatic hydroxyl groups is 5. The molecule has 4 aliphatic rings. The van der Waals surface area contributed by atoms with Crippen LogP contribution in [0.25, 0.3) is 0 Å². The number of rotatable bonds is 5. The quantitative estimate of drug-likeness (QED) is 0.0755. The third-order valence-electron chi connectivity index (χ3n) is 9.93. The number of likely N-dealkylation sites (N-methyl/N-ethyl adjacent to an activating group) is 1. The number of aliphatic hydroxyl groups excluding tert-OH is 3. The van der Waals surface area contributed by atoms with Crippen LogP contribution in [0.3, 0.4) is 0 Å². The van der Waals surface area contributed by atoms with Crippen molar-refractivity contribution in [2.24, 2.45) is 17.6 Å². The van der Waals surface area contributed by atoms with E-state index < -0.39 is 104 Å². The Morgan fingerprint density at radius 1 is 1.11 bits per heavy atom. The third-order valence-corrected chi connectivity index (χ3v) is 11.9. The first-order chi connectivity index (χ1) is 25.8. The molecule has 21 heteroatoms. The van der Waals surface area contributed by atoms with Gasteiger partial charge in [-0.25, -0.2) is 9.55 Å². The van der Waals surface area contributed by atoms with Gasteiger partial charge in [0.1, 0.15) is 35.6 Å². The van der Waals surface area contributed by atoms with Crippen molar-refractivity contribution in [3.05, 3.63) is 104 Å². The van der Waals surface area contributed by atoms with Crippen molar-refractivity contribution in [3.63, 3.8) is 0 Å². The fraction of sp³-hybridized carbons (Fsp3) is 0.343. The Morgan fingerprint density at radius 2 is 1.77 bits per heavy atom. The molecule has 7 rings (SSSR count). The number of imidazole rings is 1. The zero-order valence-electron chi connectivity index (χ0n) is 30.2. The normalized spacial score (nSPS) is 24.7.